The molecule has 6 heteroatoms. The van der Waals surface area contributed by atoms with Gasteiger partial charge in [-0.25, -0.2) is 4.98 Å². The Morgan fingerprint density at radius 3 is 2.95 bits per heavy atom. The fourth-order valence-electron chi connectivity index (χ4n) is 3.62. The summed E-state index contributed by atoms with van der Waals surface area (Å²) < 4.78 is 5.23. The molecule has 1 aliphatic heterocycles. The van der Waals surface area contributed by atoms with Crippen LogP contribution in [0.2, 0.25) is 0 Å². The average Bonchev–Trinajstić information content (AvgIpc) is 2.97. The van der Waals surface area contributed by atoms with Crippen LogP contribution >= 0.6 is 11.3 Å². The normalized spacial score (nSPS) is 23.2. The van der Waals surface area contributed by atoms with Crippen LogP contribution in [0.5, 0.6) is 0 Å². The highest BCUT2D eigenvalue weighted by Crippen LogP contribution is 2.56. The van der Waals surface area contributed by atoms with Crippen LogP contribution in [0.25, 0.3) is 0 Å². The fourth-order valence-corrected chi connectivity index (χ4v) is 4.30. The van der Waals surface area contributed by atoms with Gasteiger partial charge in [0, 0.05) is 37.3 Å². The number of carbonyl (C=O) groups is 1. The summed E-state index contributed by atoms with van der Waals surface area (Å²) in [7, 11) is 2.20. The van der Waals surface area contributed by atoms with Crippen molar-refractivity contribution in [1.82, 2.24) is 14.8 Å². The van der Waals surface area contributed by atoms with Crippen LogP contribution in [-0.4, -0.2) is 60.1 Å². The highest BCUT2D eigenvalue weighted by molar-refractivity contribution is 7.09. The van der Waals surface area contributed by atoms with E-state index < -0.39 is 0 Å². The van der Waals surface area contributed by atoms with Crippen molar-refractivity contribution < 1.29 is 9.53 Å². The van der Waals surface area contributed by atoms with Gasteiger partial charge in [0.15, 0.2) is 0 Å². The molecule has 22 heavy (non-hydrogen) atoms. The quantitative estimate of drug-likeness (QED) is 0.803. The molecule has 0 N–H and O–H groups in total. The van der Waals surface area contributed by atoms with E-state index >= 15 is 0 Å². The molecule has 1 saturated carbocycles. The Balaban J connectivity index is 1.47. The van der Waals surface area contributed by atoms with E-state index in [9.17, 15) is 4.79 Å². The van der Waals surface area contributed by atoms with Gasteiger partial charge >= 0.3 is 0 Å². The van der Waals surface area contributed by atoms with Crippen LogP contribution in [0.1, 0.15) is 31.2 Å². The van der Waals surface area contributed by atoms with Crippen LogP contribution in [0.15, 0.2) is 11.6 Å². The SMILES string of the molecule is CCOCC(=O)N1CCC2(CC1)CC2N(C)Cc1nccs1. The third kappa shape index (κ3) is 3.34. The second-order valence-electron chi connectivity index (χ2n) is 6.44. The Labute approximate surface area is 136 Å². The molecule has 2 aliphatic rings. The smallest absolute Gasteiger partial charge is 0.248 e. The minimum atomic E-state index is 0.144. The van der Waals surface area contributed by atoms with Gasteiger partial charge in [0.1, 0.15) is 11.6 Å². The van der Waals surface area contributed by atoms with Crippen molar-refractivity contribution in [3.8, 4) is 0 Å². The molecular weight excluding hydrogens is 298 g/mol. The maximum Gasteiger partial charge on any atom is 0.248 e. The lowest BCUT2D eigenvalue weighted by Crippen LogP contribution is -2.42. The van der Waals surface area contributed by atoms with E-state index in [0.717, 1.165) is 32.5 Å². The number of ether oxygens (including phenoxy) is 1. The Morgan fingerprint density at radius 1 is 1.55 bits per heavy atom. The Morgan fingerprint density at radius 2 is 2.32 bits per heavy atom. The number of likely N-dealkylation sites (tertiary alicyclic amines) is 1. The van der Waals surface area contributed by atoms with Crippen molar-refractivity contribution in [3.63, 3.8) is 0 Å². The summed E-state index contributed by atoms with van der Waals surface area (Å²) >= 11 is 1.72. The molecule has 1 aliphatic carbocycles. The van der Waals surface area contributed by atoms with E-state index in [-0.39, 0.29) is 12.5 Å². The first-order valence-corrected chi connectivity index (χ1v) is 8.97. The molecule has 1 atom stereocenters. The van der Waals surface area contributed by atoms with Gasteiger partial charge in [-0.3, -0.25) is 9.69 Å². The van der Waals surface area contributed by atoms with Crippen molar-refractivity contribution in [1.29, 1.82) is 0 Å². The number of piperidine rings is 1. The number of hydrogen-bond acceptors (Lipinski definition) is 5. The van der Waals surface area contributed by atoms with Gasteiger partial charge in [-0.1, -0.05) is 0 Å². The monoisotopic (exact) mass is 323 g/mol. The number of aromatic nitrogens is 1. The zero-order valence-electron chi connectivity index (χ0n) is 13.5. The van der Waals surface area contributed by atoms with Gasteiger partial charge < -0.3 is 9.64 Å². The number of nitrogens with zero attached hydrogens (tertiary/aromatic N) is 3. The Bertz CT molecular complexity index is 497. The fraction of sp³-hybridized carbons (Fsp3) is 0.750. The molecule has 2 heterocycles. The molecule has 2 fully saturated rings. The Kier molecular flexibility index (Phi) is 4.80. The third-order valence-electron chi connectivity index (χ3n) is 5.09. The van der Waals surface area contributed by atoms with Crippen LogP contribution < -0.4 is 0 Å². The molecule has 1 aromatic rings. The molecular formula is C16H25N3O2S. The van der Waals surface area contributed by atoms with E-state index in [1.54, 1.807) is 11.3 Å². The zero-order valence-corrected chi connectivity index (χ0v) is 14.3. The van der Waals surface area contributed by atoms with E-state index in [2.05, 4.69) is 16.9 Å². The molecule has 3 rings (SSSR count). The van der Waals surface area contributed by atoms with E-state index in [0.29, 0.717) is 18.1 Å². The predicted octanol–water partition coefficient (Wildman–Crippen LogP) is 1.99. The van der Waals surface area contributed by atoms with Crippen molar-refractivity contribution >= 4 is 17.2 Å². The average molecular weight is 323 g/mol. The van der Waals surface area contributed by atoms with Gasteiger partial charge in [-0.15, -0.1) is 11.3 Å². The molecule has 0 radical (unpaired) electrons. The number of hydrogen-bond donors (Lipinski definition) is 0. The van der Waals surface area contributed by atoms with Gasteiger partial charge in [0.25, 0.3) is 0 Å². The molecule has 5 nitrogen and oxygen atoms in total. The predicted molar refractivity (Wildman–Crippen MR) is 86.7 cm³/mol. The largest absolute Gasteiger partial charge is 0.372 e. The molecule has 0 bridgehead atoms. The van der Waals surface area contributed by atoms with E-state index in [4.69, 9.17) is 4.74 Å². The van der Waals surface area contributed by atoms with Gasteiger partial charge in [-0.2, -0.15) is 0 Å². The summed E-state index contributed by atoms with van der Waals surface area (Å²) in [5.74, 6) is 0.144. The first kappa shape index (κ1) is 15.9. The first-order chi connectivity index (χ1) is 10.6. The molecule has 1 amide bonds. The zero-order chi connectivity index (χ0) is 15.6. The molecule has 1 saturated heterocycles. The minimum absolute atomic E-state index is 0.144. The highest BCUT2D eigenvalue weighted by Gasteiger charge is 2.56. The van der Waals surface area contributed by atoms with Crippen LogP contribution in [0.4, 0.5) is 0 Å². The lowest BCUT2D eigenvalue weighted by molar-refractivity contribution is -0.137. The maximum absolute atomic E-state index is 12.0. The number of amides is 1. The van der Waals surface area contributed by atoms with E-state index in [1.807, 2.05) is 23.4 Å². The van der Waals surface area contributed by atoms with Gasteiger partial charge in [0.05, 0.1) is 6.54 Å². The summed E-state index contributed by atoms with van der Waals surface area (Å²) in [5, 5.41) is 3.22. The first-order valence-electron chi connectivity index (χ1n) is 8.09. The summed E-state index contributed by atoms with van der Waals surface area (Å²) in [6.07, 6.45) is 5.39. The van der Waals surface area contributed by atoms with Crippen molar-refractivity contribution in [2.75, 3.05) is 33.4 Å². The van der Waals surface area contributed by atoms with Crippen LogP contribution in [-0.2, 0) is 16.1 Å². The molecule has 0 aromatic carbocycles. The number of thiazole rings is 1. The molecule has 1 spiro atoms. The van der Waals surface area contributed by atoms with Crippen LogP contribution in [0, 0.1) is 5.41 Å². The lowest BCUT2D eigenvalue weighted by Gasteiger charge is -2.34. The number of rotatable bonds is 6. The van der Waals surface area contributed by atoms with Gasteiger partial charge in [0.2, 0.25) is 5.91 Å². The van der Waals surface area contributed by atoms with Crippen molar-refractivity contribution in [2.45, 2.75) is 38.8 Å². The minimum Gasteiger partial charge on any atom is -0.372 e. The summed E-state index contributed by atoms with van der Waals surface area (Å²) in [5.41, 5.74) is 0.439. The summed E-state index contributed by atoms with van der Waals surface area (Å²) in [4.78, 5) is 20.8. The van der Waals surface area contributed by atoms with Gasteiger partial charge in [-0.05, 0) is 38.6 Å². The maximum atomic E-state index is 12.0. The van der Waals surface area contributed by atoms with Crippen LogP contribution in [0.3, 0.4) is 0 Å². The highest BCUT2D eigenvalue weighted by atomic mass is 32.1. The second kappa shape index (κ2) is 6.64. The molecule has 122 valence electrons. The molecule has 1 unspecified atom stereocenters. The third-order valence-corrected chi connectivity index (χ3v) is 5.85. The Hall–Kier alpha value is -0.980. The molecule has 1 aromatic heterocycles. The standard InChI is InChI=1S/C16H25N3O2S/c1-3-21-12-15(20)19-7-4-16(5-8-19)10-13(16)18(2)11-14-17-6-9-22-14/h6,9,13H,3-5,7-8,10-12H2,1-2H3. The summed E-state index contributed by atoms with van der Waals surface area (Å²) in [6, 6.07) is 0.653. The topological polar surface area (TPSA) is 45.7 Å². The van der Waals surface area contributed by atoms with E-state index in [1.165, 1.54) is 11.4 Å². The van der Waals surface area contributed by atoms with Crippen molar-refractivity contribution in [2.24, 2.45) is 5.41 Å². The summed E-state index contributed by atoms with van der Waals surface area (Å²) in [6.45, 7) is 5.47. The lowest BCUT2D eigenvalue weighted by atomic mass is 9.92. The second-order valence-corrected chi connectivity index (χ2v) is 7.42. The number of carbonyl (C=O) groups excluding carboxylic acids is 1. The van der Waals surface area contributed by atoms with Crippen molar-refractivity contribution in [3.05, 3.63) is 16.6 Å².